The van der Waals surface area contributed by atoms with Crippen molar-refractivity contribution in [1.29, 1.82) is 0 Å². The molecule has 124 valence electrons. The molecule has 1 aliphatic rings. The molecule has 0 heterocycles. The lowest BCUT2D eigenvalue weighted by Gasteiger charge is -2.21. The highest BCUT2D eigenvalue weighted by Crippen LogP contribution is 2.27. The second-order valence-corrected chi connectivity index (χ2v) is 8.83. The summed E-state index contributed by atoms with van der Waals surface area (Å²) in [7, 11) is 2.80. The molecule has 0 saturated heterocycles. The van der Waals surface area contributed by atoms with Crippen LogP contribution in [0.3, 0.4) is 0 Å². The number of benzene rings is 1. The second kappa shape index (κ2) is 9.67. The number of halogens is 1. The van der Waals surface area contributed by atoms with Crippen LogP contribution in [0.4, 0.5) is 4.39 Å². The first kappa shape index (κ1) is 19.6. The van der Waals surface area contributed by atoms with Crippen molar-refractivity contribution in [2.75, 3.05) is 5.75 Å². The molecular formula is C18H29FNPS. The van der Waals surface area contributed by atoms with Gasteiger partial charge in [0.1, 0.15) is 5.82 Å². The highest BCUT2D eigenvalue weighted by Gasteiger charge is 2.21. The number of unbranched alkanes of at least 4 members (excludes halogenated alkanes) is 1. The molecule has 0 amide bonds. The van der Waals surface area contributed by atoms with Gasteiger partial charge in [0, 0.05) is 10.9 Å². The van der Waals surface area contributed by atoms with Crippen molar-refractivity contribution in [2.24, 2.45) is 10.3 Å². The van der Waals surface area contributed by atoms with Gasteiger partial charge in [0.25, 0.3) is 0 Å². The maximum absolute atomic E-state index is 12.9. The third kappa shape index (κ3) is 8.29. The largest absolute Gasteiger partial charge is 0.220 e. The monoisotopic (exact) mass is 341 g/mol. The van der Waals surface area contributed by atoms with Crippen LogP contribution in [0.2, 0.25) is 0 Å². The van der Waals surface area contributed by atoms with Gasteiger partial charge in [-0.05, 0) is 42.0 Å². The second-order valence-electron chi connectivity index (χ2n) is 6.54. The first-order chi connectivity index (χ1) is 10.3. The molecule has 0 aromatic heterocycles. The lowest BCUT2D eigenvalue weighted by molar-refractivity contribution is 0.627. The average molecular weight is 341 g/mol. The van der Waals surface area contributed by atoms with Crippen molar-refractivity contribution < 1.29 is 4.39 Å². The fourth-order valence-electron chi connectivity index (χ4n) is 1.64. The maximum Gasteiger partial charge on any atom is 0.123 e. The van der Waals surface area contributed by atoms with E-state index in [-0.39, 0.29) is 11.0 Å². The molecular weight excluding hydrogens is 312 g/mol. The molecule has 0 bridgehead atoms. The SMILES string of the molecule is CC1CC1.CCCCS/N=C(/c1ccc(F)cc1)C(C)(C)P. The summed E-state index contributed by atoms with van der Waals surface area (Å²) in [6.07, 6.45) is 5.32. The van der Waals surface area contributed by atoms with E-state index in [4.69, 9.17) is 0 Å². The summed E-state index contributed by atoms with van der Waals surface area (Å²) in [5.74, 6) is 1.90. The van der Waals surface area contributed by atoms with Crippen molar-refractivity contribution in [3.8, 4) is 0 Å². The van der Waals surface area contributed by atoms with Gasteiger partial charge in [0.05, 0.1) is 5.71 Å². The number of hydrogen-bond donors (Lipinski definition) is 0. The maximum atomic E-state index is 12.9. The third-order valence-electron chi connectivity index (χ3n) is 3.34. The van der Waals surface area contributed by atoms with E-state index in [2.05, 4.69) is 41.3 Å². The van der Waals surface area contributed by atoms with Crippen LogP contribution >= 0.6 is 21.2 Å². The molecule has 0 spiro atoms. The van der Waals surface area contributed by atoms with Gasteiger partial charge < -0.3 is 0 Å². The van der Waals surface area contributed by atoms with E-state index in [9.17, 15) is 4.39 Å². The van der Waals surface area contributed by atoms with Crippen LogP contribution in [0.15, 0.2) is 28.7 Å². The van der Waals surface area contributed by atoms with E-state index in [1.165, 1.54) is 37.8 Å². The van der Waals surface area contributed by atoms with E-state index in [0.717, 1.165) is 22.9 Å². The Balaban J connectivity index is 0.000000519. The highest BCUT2D eigenvalue weighted by molar-refractivity contribution is 7.98. The minimum absolute atomic E-state index is 0.114. The van der Waals surface area contributed by atoms with Crippen molar-refractivity contribution in [3.63, 3.8) is 0 Å². The lowest BCUT2D eigenvalue weighted by atomic mass is 9.99. The van der Waals surface area contributed by atoms with E-state index in [0.29, 0.717) is 0 Å². The molecule has 0 aliphatic heterocycles. The molecule has 4 heteroatoms. The zero-order valence-corrected chi connectivity index (χ0v) is 16.2. The molecule has 1 nitrogen and oxygen atoms in total. The van der Waals surface area contributed by atoms with Gasteiger partial charge >= 0.3 is 0 Å². The first-order valence-corrected chi connectivity index (χ1v) is 9.61. The molecule has 1 unspecified atom stereocenters. The van der Waals surface area contributed by atoms with Gasteiger partial charge in [-0.3, -0.25) is 0 Å². The summed E-state index contributed by atoms with van der Waals surface area (Å²) in [5.41, 5.74) is 1.98. The Morgan fingerprint density at radius 1 is 1.32 bits per heavy atom. The quantitative estimate of drug-likeness (QED) is 0.262. The van der Waals surface area contributed by atoms with Gasteiger partial charge in [0.2, 0.25) is 0 Å². The molecule has 0 N–H and O–H groups in total. The van der Waals surface area contributed by atoms with E-state index in [1.807, 2.05) is 0 Å². The van der Waals surface area contributed by atoms with Crippen molar-refractivity contribution in [1.82, 2.24) is 0 Å². The minimum atomic E-state index is -0.210. The van der Waals surface area contributed by atoms with Crippen LogP contribution in [-0.4, -0.2) is 16.6 Å². The first-order valence-electron chi connectivity index (χ1n) is 8.09. The zero-order chi connectivity index (χ0) is 16.6. The van der Waals surface area contributed by atoms with Crippen LogP contribution in [-0.2, 0) is 0 Å². The Morgan fingerprint density at radius 3 is 2.27 bits per heavy atom. The predicted octanol–water partition coefficient (Wildman–Crippen LogP) is 6.13. The topological polar surface area (TPSA) is 12.4 Å². The van der Waals surface area contributed by atoms with Crippen molar-refractivity contribution in [2.45, 2.75) is 58.5 Å². The number of nitrogens with zero attached hydrogens (tertiary/aromatic N) is 1. The molecule has 22 heavy (non-hydrogen) atoms. The minimum Gasteiger partial charge on any atom is -0.220 e. The van der Waals surface area contributed by atoms with E-state index in [1.54, 1.807) is 24.1 Å². The summed E-state index contributed by atoms with van der Waals surface area (Å²) >= 11 is 1.59. The standard InChI is InChI=1S/C14H21FNPS.C4H8/c1-4-5-10-18-16-13(14(2,3)17)11-6-8-12(15)9-7-11;1-4-2-3-4/h6-9H,4-5,10,17H2,1-3H3;4H,2-3H2,1H3/b16-13-;. The number of hydrogen-bond acceptors (Lipinski definition) is 2. The fraction of sp³-hybridized carbons (Fsp3) is 0.611. The Kier molecular flexibility index (Phi) is 8.64. The van der Waals surface area contributed by atoms with Crippen molar-refractivity contribution >= 4 is 26.9 Å². The average Bonchev–Trinajstić information content (AvgIpc) is 3.22. The van der Waals surface area contributed by atoms with Crippen LogP contribution in [0.5, 0.6) is 0 Å². The fourth-order valence-corrected chi connectivity index (χ4v) is 2.94. The highest BCUT2D eigenvalue weighted by atomic mass is 32.2. The molecule has 1 atom stereocenters. The Hall–Kier alpha value is -0.400. The Bertz CT molecular complexity index is 461. The smallest absolute Gasteiger partial charge is 0.123 e. The summed E-state index contributed by atoms with van der Waals surface area (Å²) in [5, 5.41) is -0.114. The van der Waals surface area contributed by atoms with Crippen LogP contribution in [0.25, 0.3) is 0 Å². The molecule has 1 aromatic carbocycles. The van der Waals surface area contributed by atoms with Gasteiger partial charge in [-0.25, -0.2) is 8.79 Å². The van der Waals surface area contributed by atoms with E-state index >= 15 is 0 Å². The lowest BCUT2D eigenvalue weighted by Crippen LogP contribution is -2.24. The Labute approximate surface area is 141 Å². The van der Waals surface area contributed by atoms with Gasteiger partial charge in [-0.15, -0.1) is 9.24 Å². The summed E-state index contributed by atoms with van der Waals surface area (Å²) in [6, 6.07) is 6.55. The van der Waals surface area contributed by atoms with Crippen LogP contribution in [0.1, 0.15) is 58.9 Å². The summed E-state index contributed by atoms with van der Waals surface area (Å²) in [6.45, 7) is 8.64. The molecule has 1 saturated carbocycles. The Morgan fingerprint density at radius 2 is 1.86 bits per heavy atom. The molecule has 1 fully saturated rings. The van der Waals surface area contributed by atoms with Gasteiger partial charge in [-0.2, -0.15) is 0 Å². The van der Waals surface area contributed by atoms with Crippen LogP contribution in [0, 0.1) is 11.7 Å². The summed E-state index contributed by atoms with van der Waals surface area (Å²) < 4.78 is 17.6. The summed E-state index contributed by atoms with van der Waals surface area (Å²) in [4.78, 5) is 0. The molecule has 1 aromatic rings. The molecule has 2 rings (SSSR count). The van der Waals surface area contributed by atoms with Gasteiger partial charge in [0.15, 0.2) is 0 Å². The normalized spacial score (nSPS) is 15.3. The number of rotatable bonds is 6. The molecule has 0 radical (unpaired) electrons. The third-order valence-corrected chi connectivity index (χ3v) is 4.40. The van der Waals surface area contributed by atoms with E-state index < -0.39 is 0 Å². The molecule has 1 aliphatic carbocycles. The van der Waals surface area contributed by atoms with Crippen LogP contribution < -0.4 is 0 Å². The predicted molar refractivity (Wildman–Crippen MR) is 102 cm³/mol. The van der Waals surface area contributed by atoms with Crippen molar-refractivity contribution in [3.05, 3.63) is 35.6 Å². The zero-order valence-electron chi connectivity index (χ0n) is 14.2. The van der Waals surface area contributed by atoms with Gasteiger partial charge in [-0.1, -0.05) is 59.1 Å².